The number of anilines is 1. The summed E-state index contributed by atoms with van der Waals surface area (Å²) in [6.45, 7) is 0. The predicted octanol–water partition coefficient (Wildman–Crippen LogP) is 3.82. The van der Waals surface area contributed by atoms with Gasteiger partial charge in [0.1, 0.15) is 10.6 Å². The maximum Gasteiger partial charge on any atom is 0.255 e. The molecule has 8 heteroatoms. The third kappa shape index (κ3) is 4.80. The SMILES string of the molecule is CNS(=O)(=O)c1cc(C(=O)Nc2cccc(OC3CCCC3)c2)ccc1Cl. The molecule has 0 aromatic heterocycles. The Labute approximate surface area is 163 Å². The first-order valence-electron chi connectivity index (χ1n) is 8.70. The lowest BCUT2D eigenvalue weighted by Crippen LogP contribution is -2.20. The maximum absolute atomic E-state index is 12.5. The summed E-state index contributed by atoms with van der Waals surface area (Å²) < 4.78 is 32.2. The number of benzene rings is 2. The van der Waals surface area contributed by atoms with Gasteiger partial charge in [0.15, 0.2) is 0 Å². The van der Waals surface area contributed by atoms with Crippen molar-refractivity contribution in [2.45, 2.75) is 36.7 Å². The zero-order chi connectivity index (χ0) is 19.4. The Bertz CT molecular complexity index is 940. The zero-order valence-corrected chi connectivity index (χ0v) is 16.4. The Balaban J connectivity index is 1.76. The highest BCUT2D eigenvalue weighted by molar-refractivity contribution is 7.89. The van der Waals surface area contributed by atoms with E-state index in [1.807, 2.05) is 6.07 Å². The van der Waals surface area contributed by atoms with Crippen molar-refractivity contribution >= 4 is 33.2 Å². The molecule has 0 saturated heterocycles. The normalized spacial score (nSPS) is 14.9. The van der Waals surface area contributed by atoms with Gasteiger partial charge >= 0.3 is 0 Å². The summed E-state index contributed by atoms with van der Waals surface area (Å²) in [6, 6.07) is 11.3. The molecule has 1 fully saturated rings. The van der Waals surface area contributed by atoms with E-state index in [1.165, 1.54) is 38.1 Å². The van der Waals surface area contributed by atoms with Gasteiger partial charge in [-0.2, -0.15) is 0 Å². The lowest BCUT2D eigenvalue weighted by atomic mass is 10.2. The van der Waals surface area contributed by atoms with Crippen LogP contribution in [-0.4, -0.2) is 27.5 Å². The number of hydrogen-bond donors (Lipinski definition) is 2. The molecule has 6 nitrogen and oxygen atoms in total. The fraction of sp³-hybridized carbons (Fsp3) is 0.316. The molecule has 144 valence electrons. The molecule has 1 saturated carbocycles. The summed E-state index contributed by atoms with van der Waals surface area (Å²) in [6.07, 6.45) is 4.67. The topological polar surface area (TPSA) is 84.5 Å². The molecule has 2 aromatic rings. The van der Waals surface area contributed by atoms with Crippen molar-refractivity contribution in [2.24, 2.45) is 0 Å². The Kier molecular flexibility index (Phi) is 6.04. The van der Waals surface area contributed by atoms with E-state index in [9.17, 15) is 13.2 Å². The Morgan fingerprint density at radius 1 is 1.15 bits per heavy atom. The first kappa shape index (κ1) is 19.7. The smallest absolute Gasteiger partial charge is 0.255 e. The fourth-order valence-electron chi connectivity index (χ4n) is 3.01. The first-order valence-corrected chi connectivity index (χ1v) is 10.6. The van der Waals surface area contributed by atoms with Crippen LogP contribution in [-0.2, 0) is 10.0 Å². The fourth-order valence-corrected chi connectivity index (χ4v) is 4.26. The van der Waals surface area contributed by atoms with Crippen molar-refractivity contribution in [2.75, 3.05) is 12.4 Å². The average molecular weight is 409 g/mol. The van der Waals surface area contributed by atoms with E-state index in [0.29, 0.717) is 11.4 Å². The van der Waals surface area contributed by atoms with E-state index in [1.54, 1.807) is 18.2 Å². The number of hydrogen-bond acceptors (Lipinski definition) is 4. The quantitative estimate of drug-likeness (QED) is 0.760. The molecule has 0 aliphatic heterocycles. The highest BCUT2D eigenvalue weighted by atomic mass is 35.5. The van der Waals surface area contributed by atoms with Crippen LogP contribution >= 0.6 is 11.6 Å². The summed E-state index contributed by atoms with van der Waals surface area (Å²) in [4.78, 5) is 12.4. The second kappa shape index (κ2) is 8.29. The van der Waals surface area contributed by atoms with Crippen LogP contribution in [0.5, 0.6) is 5.75 Å². The van der Waals surface area contributed by atoms with Gasteiger partial charge in [-0.1, -0.05) is 17.7 Å². The average Bonchev–Trinajstić information content (AvgIpc) is 3.15. The van der Waals surface area contributed by atoms with Crippen LogP contribution in [0.2, 0.25) is 5.02 Å². The van der Waals surface area contributed by atoms with Crippen LogP contribution in [0.3, 0.4) is 0 Å². The molecule has 1 aliphatic rings. The zero-order valence-electron chi connectivity index (χ0n) is 14.9. The van der Waals surface area contributed by atoms with Crippen molar-refractivity contribution in [3.05, 3.63) is 53.1 Å². The van der Waals surface area contributed by atoms with E-state index < -0.39 is 15.9 Å². The van der Waals surface area contributed by atoms with Crippen LogP contribution in [0.4, 0.5) is 5.69 Å². The molecule has 3 rings (SSSR count). The van der Waals surface area contributed by atoms with Crippen molar-refractivity contribution in [3.8, 4) is 5.75 Å². The van der Waals surface area contributed by atoms with Crippen LogP contribution in [0.15, 0.2) is 47.4 Å². The van der Waals surface area contributed by atoms with Gasteiger partial charge in [0.2, 0.25) is 10.0 Å². The van der Waals surface area contributed by atoms with Crippen LogP contribution < -0.4 is 14.8 Å². The monoisotopic (exact) mass is 408 g/mol. The number of rotatable bonds is 6. The lowest BCUT2D eigenvalue weighted by Gasteiger charge is -2.14. The van der Waals surface area contributed by atoms with Crippen LogP contribution in [0.1, 0.15) is 36.0 Å². The number of amides is 1. The Hall–Kier alpha value is -2.09. The first-order chi connectivity index (χ1) is 12.9. The van der Waals surface area contributed by atoms with E-state index in [-0.39, 0.29) is 21.6 Å². The minimum absolute atomic E-state index is 0.0489. The number of nitrogens with one attached hydrogen (secondary N) is 2. The number of halogens is 1. The van der Waals surface area contributed by atoms with Crippen molar-refractivity contribution in [1.82, 2.24) is 4.72 Å². The predicted molar refractivity (Wildman–Crippen MR) is 105 cm³/mol. The molecular formula is C19H21ClN2O4S. The molecule has 27 heavy (non-hydrogen) atoms. The molecule has 0 spiro atoms. The van der Waals surface area contributed by atoms with Crippen molar-refractivity contribution < 1.29 is 17.9 Å². The van der Waals surface area contributed by atoms with Crippen LogP contribution in [0, 0.1) is 0 Å². The lowest BCUT2D eigenvalue weighted by molar-refractivity contribution is 0.102. The molecule has 0 unspecified atom stereocenters. The van der Waals surface area contributed by atoms with Crippen molar-refractivity contribution in [3.63, 3.8) is 0 Å². The summed E-state index contributed by atoms with van der Waals surface area (Å²) >= 11 is 5.96. The largest absolute Gasteiger partial charge is 0.490 e. The summed E-state index contributed by atoms with van der Waals surface area (Å²) in [5, 5.41) is 2.81. The van der Waals surface area contributed by atoms with Crippen molar-refractivity contribution in [1.29, 1.82) is 0 Å². The van der Waals surface area contributed by atoms with E-state index >= 15 is 0 Å². The molecule has 0 bridgehead atoms. The molecule has 1 aliphatic carbocycles. The molecule has 2 N–H and O–H groups in total. The minimum Gasteiger partial charge on any atom is -0.490 e. The van der Waals surface area contributed by atoms with Gasteiger partial charge in [-0.3, -0.25) is 4.79 Å². The highest BCUT2D eigenvalue weighted by Gasteiger charge is 2.19. The summed E-state index contributed by atoms with van der Waals surface area (Å²) in [5.41, 5.74) is 0.763. The number of ether oxygens (including phenoxy) is 1. The van der Waals surface area contributed by atoms with E-state index in [0.717, 1.165) is 12.8 Å². The van der Waals surface area contributed by atoms with Crippen LogP contribution in [0.25, 0.3) is 0 Å². The third-order valence-corrected chi connectivity index (χ3v) is 6.34. The highest BCUT2D eigenvalue weighted by Crippen LogP contribution is 2.27. The van der Waals surface area contributed by atoms with Gasteiger partial charge in [-0.15, -0.1) is 0 Å². The van der Waals surface area contributed by atoms with Gasteiger partial charge in [0.25, 0.3) is 5.91 Å². The summed E-state index contributed by atoms with van der Waals surface area (Å²) in [7, 11) is -2.47. The van der Waals surface area contributed by atoms with Gasteiger partial charge < -0.3 is 10.1 Å². The molecule has 1 amide bonds. The second-order valence-electron chi connectivity index (χ2n) is 6.36. The Morgan fingerprint density at radius 3 is 2.59 bits per heavy atom. The maximum atomic E-state index is 12.5. The van der Waals surface area contributed by atoms with Gasteiger partial charge in [-0.05, 0) is 63.1 Å². The molecule has 0 heterocycles. The molecule has 0 atom stereocenters. The number of carbonyl (C=O) groups is 1. The number of carbonyl (C=O) groups excluding carboxylic acids is 1. The van der Waals surface area contributed by atoms with Gasteiger partial charge in [0.05, 0.1) is 11.1 Å². The van der Waals surface area contributed by atoms with Gasteiger partial charge in [-0.25, -0.2) is 13.1 Å². The molecule has 2 aromatic carbocycles. The third-order valence-electron chi connectivity index (χ3n) is 4.45. The second-order valence-corrected chi connectivity index (χ2v) is 8.62. The summed E-state index contributed by atoms with van der Waals surface area (Å²) in [5.74, 6) is 0.270. The number of sulfonamides is 1. The minimum atomic E-state index is -3.76. The van der Waals surface area contributed by atoms with E-state index in [2.05, 4.69) is 10.0 Å². The Morgan fingerprint density at radius 2 is 1.89 bits per heavy atom. The van der Waals surface area contributed by atoms with Gasteiger partial charge in [0, 0.05) is 17.3 Å². The standard InChI is InChI=1S/C19H21ClN2O4S/c1-21-27(24,25)18-11-13(9-10-17(18)20)19(23)22-14-5-4-8-16(12-14)26-15-6-2-3-7-15/h4-5,8-12,15,21H,2-3,6-7H2,1H3,(H,22,23). The van der Waals surface area contributed by atoms with E-state index in [4.69, 9.17) is 16.3 Å². The molecular weight excluding hydrogens is 388 g/mol. The molecule has 0 radical (unpaired) electrons.